The first kappa shape index (κ1) is 12.6. The smallest absolute Gasteiger partial charge is 0.157 e. The van der Waals surface area contributed by atoms with Gasteiger partial charge in [-0.3, -0.25) is 0 Å². The van der Waals surface area contributed by atoms with Crippen molar-refractivity contribution in [3.8, 4) is 9.88 Å². The summed E-state index contributed by atoms with van der Waals surface area (Å²) in [7, 11) is 1.70. The van der Waals surface area contributed by atoms with Crippen LogP contribution in [0.3, 0.4) is 0 Å². The van der Waals surface area contributed by atoms with Crippen molar-refractivity contribution in [1.29, 1.82) is 0 Å². The third kappa shape index (κ3) is 3.57. The molecule has 0 aliphatic rings. The first-order valence-electron chi connectivity index (χ1n) is 5.38. The number of ether oxygens (including phenoxy) is 1. The fourth-order valence-corrected chi connectivity index (χ4v) is 3.07. The van der Waals surface area contributed by atoms with Crippen molar-refractivity contribution in [2.24, 2.45) is 0 Å². The number of nitrogens with one attached hydrogen (secondary N) is 1. The highest BCUT2D eigenvalue weighted by atomic mass is 32.1. The molecule has 0 fully saturated rings. The van der Waals surface area contributed by atoms with Crippen molar-refractivity contribution in [3.05, 3.63) is 22.0 Å². The molecule has 0 aliphatic carbocycles. The predicted octanol–water partition coefficient (Wildman–Crippen LogP) is 2.31. The highest BCUT2D eigenvalue weighted by Crippen LogP contribution is 2.29. The number of methoxy groups -OCH3 is 1. The van der Waals surface area contributed by atoms with Crippen LogP contribution < -0.4 is 5.32 Å². The molecule has 2 rings (SSSR count). The Hall–Kier alpha value is -0.820. The van der Waals surface area contributed by atoms with Crippen LogP contribution in [-0.4, -0.2) is 30.5 Å². The Morgan fingerprint density at radius 2 is 2.18 bits per heavy atom. The minimum atomic E-state index is 0.718. The van der Waals surface area contributed by atoms with Crippen molar-refractivity contribution in [1.82, 2.24) is 15.5 Å². The third-order valence-electron chi connectivity index (χ3n) is 2.18. The van der Waals surface area contributed by atoms with E-state index >= 15 is 0 Å². The van der Waals surface area contributed by atoms with E-state index in [0.717, 1.165) is 29.7 Å². The Morgan fingerprint density at radius 3 is 2.88 bits per heavy atom. The monoisotopic (exact) mass is 269 g/mol. The van der Waals surface area contributed by atoms with E-state index in [1.807, 2.05) is 0 Å². The van der Waals surface area contributed by atoms with Gasteiger partial charge in [-0.25, -0.2) is 0 Å². The summed E-state index contributed by atoms with van der Waals surface area (Å²) in [4.78, 5) is 2.50. The molecular formula is C11H15N3OS2. The molecule has 2 aromatic heterocycles. The number of aryl methyl sites for hydroxylation is 1. The standard InChI is InChI=1S/C11H15N3OS2/c1-8-3-4-9(16-8)11-14-13-10(17-11)7-12-5-6-15-2/h3-4,12H,5-7H2,1-2H3. The van der Waals surface area contributed by atoms with Crippen LogP contribution in [0.5, 0.6) is 0 Å². The number of hydrogen-bond donors (Lipinski definition) is 1. The molecule has 0 unspecified atom stereocenters. The van der Waals surface area contributed by atoms with Gasteiger partial charge in [0.1, 0.15) is 5.01 Å². The van der Waals surface area contributed by atoms with E-state index in [9.17, 15) is 0 Å². The summed E-state index contributed by atoms with van der Waals surface area (Å²) in [6.45, 7) is 4.41. The van der Waals surface area contributed by atoms with Crippen LogP contribution in [0.25, 0.3) is 9.88 Å². The van der Waals surface area contributed by atoms with Crippen molar-refractivity contribution >= 4 is 22.7 Å². The molecule has 0 amide bonds. The molecule has 0 atom stereocenters. The second-order valence-electron chi connectivity index (χ2n) is 3.58. The van der Waals surface area contributed by atoms with E-state index in [2.05, 4.69) is 34.6 Å². The van der Waals surface area contributed by atoms with Gasteiger partial charge < -0.3 is 10.1 Å². The molecule has 2 aromatic rings. The fourth-order valence-electron chi connectivity index (χ4n) is 1.34. The lowest BCUT2D eigenvalue weighted by Gasteiger charge is -1.99. The van der Waals surface area contributed by atoms with E-state index in [1.54, 1.807) is 29.8 Å². The molecule has 17 heavy (non-hydrogen) atoms. The molecule has 0 aliphatic heterocycles. The molecule has 0 bridgehead atoms. The molecule has 92 valence electrons. The average molecular weight is 269 g/mol. The van der Waals surface area contributed by atoms with Gasteiger partial charge in [0.05, 0.1) is 11.5 Å². The molecule has 0 aromatic carbocycles. The molecule has 0 saturated heterocycles. The summed E-state index contributed by atoms with van der Waals surface area (Å²) in [5.74, 6) is 0. The van der Waals surface area contributed by atoms with Gasteiger partial charge in [-0.2, -0.15) is 0 Å². The van der Waals surface area contributed by atoms with Crippen LogP contribution >= 0.6 is 22.7 Å². The Labute approximate surface area is 109 Å². The van der Waals surface area contributed by atoms with E-state index in [1.165, 1.54) is 9.75 Å². The first-order valence-corrected chi connectivity index (χ1v) is 7.01. The second-order valence-corrected chi connectivity index (χ2v) is 5.93. The molecular weight excluding hydrogens is 254 g/mol. The lowest BCUT2D eigenvalue weighted by molar-refractivity contribution is 0.199. The maximum Gasteiger partial charge on any atom is 0.157 e. The Bertz CT molecular complexity index is 467. The van der Waals surface area contributed by atoms with Crippen molar-refractivity contribution in [2.75, 3.05) is 20.3 Å². The summed E-state index contributed by atoms with van der Waals surface area (Å²) < 4.78 is 4.96. The Balaban J connectivity index is 1.92. The number of aromatic nitrogens is 2. The van der Waals surface area contributed by atoms with Gasteiger partial charge in [0.25, 0.3) is 0 Å². The van der Waals surface area contributed by atoms with Gasteiger partial charge in [0.15, 0.2) is 5.01 Å². The lowest BCUT2D eigenvalue weighted by atomic mass is 10.4. The minimum Gasteiger partial charge on any atom is -0.383 e. The summed E-state index contributed by atoms with van der Waals surface area (Å²) in [6, 6.07) is 4.21. The molecule has 4 nitrogen and oxygen atoms in total. The minimum absolute atomic E-state index is 0.718. The SMILES string of the molecule is COCCNCc1nnc(-c2ccc(C)s2)s1. The first-order chi connectivity index (χ1) is 8.29. The van der Waals surface area contributed by atoms with Crippen molar-refractivity contribution in [2.45, 2.75) is 13.5 Å². The molecule has 0 radical (unpaired) electrons. The maximum atomic E-state index is 4.96. The second kappa shape index (κ2) is 6.20. The molecule has 6 heteroatoms. The maximum absolute atomic E-state index is 4.96. The fraction of sp³-hybridized carbons (Fsp3) is 0.455. The number of thiophene rings is 1. The summed E-state index contributed by atoms with van der Waals surface area (Å²) in [5, 5.41) is 13.7. The van der Waals surface area contributed by atoms with Crippen molar-refractivity contribution in [3.63, 3.8) is 0 Å². The quantitative estimate of drug-likeness (QED) is 0.818. The van der Waals surface area contributed by atoms with Crippen LogP contribution in [-0.2, 0) is 11.3 Å². The van der Waals surface area contributed by atoms with Gasteiger partial charge in [-0.15, -0.1) is 21.5 Å². The molecule has 2 heterocycles. The lowest BCUT2D eigenvalue weighted by Crippen LogP contribution is -2.18. The number of hydrogen-bond acceptors (Lipinski definition) is 6. The van der Waals surface area contributed by atoms with Gasteiger partial charge in [-0.05, 0) is 19.1 Å². The zero-order chi connectivity index (χ0) is 12.1. The van der Waals surface area contributed by atoms with Gasteiger partial charge >= 0.3 is 0 Å². The normalized spacial score (nSPS) is 10.9. The third-order valence-corrected chi connectivity index (χ3v) is 4.27. The Kier molecular flexibility index (Phi) is 4.61. The zero-order valence-corrected chi connectivity index (χ0v) is 11.5. The van der Waals surface area contributed by atoms with Gasteiger partial charge in [0.2, 0.25) is 0 Å². The zero-order valence-electron chi connectivity index (χ0n) is 9.90. The highest BCUT2D eigenvalue weighted by molar-refractivity contribution is 7.21. The van der Waals surface area contributed by atoms with Crippen LogP contribution in [0.1, 0.15) is 9.88 Å². The topological polar surface area (TPSA) is 47.0 Å². The van der Waals surface area contributed by atoms with Gasteiger partial charge in [-0.1, -0.05) is 11.3 Å². The molecule has 0 saturated carbocycles. The van der Waals surface area contributed by atoms with Crippen molar-refractivity contribution < 1.29 is 4.74 Å². The predicted molar refractivity (Wildman–Crippen MR) is 71.5 cm³/mol. The van der Waals surface area contributed by atoms with Crippen LogP contribution in [0, 0.1) is 6.92 Å². The van der Waals surface area contributed by atoms with E-state index in [4.69, 9.17) is 4.74 Å². The molecule has 1 N–H and O–H groups in total. The summed E-state index contributed by atoms with van der Waals surface area (Å²) >= 11 is 3.40. The average Bonchev–Trinajstić information content (AvgIpc) is 2.93. The highest BCUT2D eigenvalue weighted by Gasteiger charge is 2.07. The van der Waals surface area contributed by atoms with Gasteiger partial charge in [0, 0.05) is 25.1 Å². The summed E-state index contributed by atoms with van der Waals surface area (Å²) in [5.41, 5.74) is 0. The Morgan fingerprint density at radius 1 is 1.29 bits per heavy atom. The van der Waals surface area contributed by atoms with E-state index in [0.29, 0.717) is 0 Å². The van der Waals surface area contributed by atoms with Crippen LogP contribution in [0.2, 0.25) is 0 Å². The van der Waals surface area contributed by atoms with E-state index < -0.39 is 0 Å². The van der Waals surface area contributed by atoms with Crippen LogP contribution in [0.15, 0.2) is 12.1 Å². The number of nitrogens with zero attached hydrogens (tertiary/aromatic N) is 2. The largest absolute Gasteiger partial charge is 0.383 e. The van der Waals surface area contributed by atoms with Crippen LogP contribution in [0.4, 0.5) is 0 Å². The van der Waals surface area contributed by atoms with E-state index in [-0.39, 0.29) is 0 Å². The molecule has 0 spiro atoms. The number of rotatable bonds is 6. The summed E-state index contributed by atoms with van der Waals surface area (Å²) in [6.07, 6.45) is 0.